The molecule has 0 saturated carbocycles. The molecule has 1 aliphatic rings. The number of ether oxygens (including phenoxy) is 1. The molecule has 0 aromatic heterocycles. The van der Waals surface area contributed by atoms with Crippen LogP contribution in [0, 0.1) is 5.92 Å². The van der Waals surface area contributed by atoms with Crippen LogP contribution in [0.4, 0.5) is 0 Å². The predicted molar refractivity (Wildman–Crippen MR) is 65.6 cm³/mol. The molecule has 1 heterocycles. The van der Waals surface area contributed by atoms with E-state index in [-0.39, 0.29) is 6.10 Å². The number of rotatable bonds is 6. The summed E-state index contributed by atoms with van der Waals surface area (Å²) in [6.07, 6.45) is 0.783. The van der Waals surface area contributed by atoms with Crippen molar-refractivity contribution in [3.8, 4) is 0 Å². The van der Waals surface area contributed by atoms with E-state index in [4.69, 9.17) is 4.74 Å². The van der Waals surface area contributed by atoms with Gasteiger partial charge >= 0.3 is 0 Å². The van der Waals surface area contributed by atoms with Crippen LogP contribution in [-0.2, 0) is 4.74 Å². The van der Waals surface area contributed by atoms with Crippen molar-refractivity contribution in [1.29, 1.82) is 0 Å². The standard InChI is InChI=1S/C12H26N2O2/c1-4-16-9-11(15)7-13-12-5-6-14(3)8-10(12)2/h10-13,15H,4-9H2,1-3H3. The Labute approximate surface area is 99.0 Å². The Hall–Kier alpha value is -0.160. The maximum Gasteiger partial charge on any atom is 0.0897 e. The normalized spacial score (nSPS) is 29.2. The van der Waals surface area contributed by atoms with Crippen LogP contribution in [0.3, 0.4) is 0 Å². The number of nitrogens with one attached hydrogen (secondary N) is 1. The van der Waals surface area contributed by atoms with Crippen LogP contribution in [-0.4, -0.2) is 62.0 Å². The lowest BCUT2D eigenvalue weighted by atomic mass is 9.94. The van der Waals surface area contributed by atoms with Crippen molar-refractivity contribution < 1.29 is 9.84 Å². The summed E-state index contributed by atoms with van der Waals surface area (Å²) in [5.41, 5.74) is 0. The Bertz CT molecular complexity index is 190. The Morgan fingerprint density at radius 2 is 2.31 bits per heavy atom. The summed E-state index contributed by atoms with van der Waals surface area (Å²) in [5.74, 6) is 0.651. The van der Waals surface area contributed by atoms with Gasteiger partial charge in [-0.2, -0.15) is 0 Å². The molecule has 1 rings (SSSR count). The Balaban J connectivity index is 2.16. The molecule has 0 spiro atoms. The van der Waals surface area contributed by atoms with Crippen molar-refractivity contribution in [2.24, 2.45) is 5.92 Å². The van der Waals surface area contributed by atoms with E-state index in [0.717, 1.165) is 13.1 Å². The lowest BCUT2D eigenvalue weighted by molar-refractivity contribution is 0.0381. The number of likely N-dealkylation sites (tertiary alicyclic amines) is 1. The Morgan fingerprint density at radius 1 is 1.56 bits per heavy atom. The molecular weight excluding hydrogens is 204 g/mol. The second kappa shape index (κ2) is 7.22. The first-order chi connectivity index (χ1) is 7.63. The monoisotopic (exact) mass is 230 g/mol. The lowest BCUT2D eigenvalue weighted by Gasteiger charge is -2.35. The number of aliphatic hydroxyl groups is 1. The Kier molecular flexibility index (Phi) is 6.28. The third-order valence-corrected chi connectivity index (χ3v) is 3.24. The van der Waals surface area contributed by atoms with Crippen molar-refractivity contribution >= 4 is 0 Å². The van der Waals surface area contributed by atoms with Crippen molar-refractivity contribution in [3.63, 3.8) is 0 Å². The minimum atomic E-state index is -0.383. The van der Waals surface area contributed by atoms with Crippen LogP contribution in [0.2, 0.25) is 0 Å². The van der Waals surface area contributed by atoms with Crippen LogP contribution in [0.15, 0.2) is 0 Å². The molecule has 16 heavy (non-hydrogen) atoms. The molecule has 0 amide bonds. The first-order valence-electron chi connectivity index (χ1n) is 6.31. The first kappa shape index (κ1) is 13.9. The number of piperidine rings is 1. The summed E-state index contributed by atoms with van der Waals surface area (Å²) >= 11 is 0. The number of nitrogens with zero attached hydrogens (tertiary/aromatic N) is 1. The van der Waals surface area contributed by atoms with Gasteiger partial charge in [-0.25, -0.2) is 0 Å². The molecule has 1 fully saturated rings. The average Bonchev–Trinajstić information content (AvgIpc) is 2.25. The van der Waals surface area contributed by atoms with E-state index >= 15 is 0 Å². The van der Waals surface area contributed by atoms with Gasteiger partial charge in [0.25, 0.3) is 0 Å². The summed E-state index contributed by atoms with van der Waals surface area (Å²) in [5, 5.41) is 13.1. The third kappa shape index (κ3) is 4.78. The molecule has 0 aliphatic carbocycles. The Morgan fingerprint density at radius 3 is 2.94 bits per heavy atom. The van der Waals surface area contributed by atoms with Gasteiger partial charge in [-0.15, -0.1) is 0 Å². The zero-order valence-corrected chi connectivity index (χ0v) is 10.8. The molecule has 2 N–H and O–H groups in total. The maximum atomic E-state index is 9.65. The lowest BCUT2D eigenvalue weighted by Crippen LogP contribution is -2.49. The molecule has 0 bridgehead atoms. The summed E-state index contributed by atoms with van der Waals surface area (Å²) < 4.78 is 5.18. The van der Waals surface area contributed by atoms with Gasteiger partial charge in [0.05, 0.1) is 12.7 Å². The molecule has 0 aromatic carbocycles. The quantitative estimate of drug-likeness (QED) is 0.689. The zero-order valence-electron chi connectivity index (χ0n) is 10.8. The van der Waals surface area contributed by atoms with E-state index in [1.54, 1.807) is 0 Å². The van der Waals surface area contributed by atoms with Gasteiger partial charge in [0.1, 0.15) is 0 Å². The number of hydrogen-bond acceptors (Lipinski definition) is 4. The van der Waals surface area contributed by atoms with Crippen LogP contribution in [0.1, 0.15) is 20.3 Å². The first-order valence-corrected chi connectivity index (χ1v) is 6.31. The van der Waals surface area contributed by atoms with Crippen LogP contribution in [0.5, 0.6) is 0 Å². The highest BCUT2D eigenvalue weighted by atomic mass is 16.5. The van der Waals surface area contributed by atoms with Crippen LogP contribution in [0.25, 0.3) is 0 Å². The summed E-state index contributed by atoms with van der Waals surface area (Å²) in [7, 11) is 2.16. The summed E-state index contributed by atoms with van der Waals surface area (Å²) in [4.78, 5) is 2.36. The van der Waals surface area contributed by atoms with Crippen molar-refractivity contribution in [2.75, 3.05) is 39.9 Å². The molecule has 3 atom stereocenters. The number of aliphatic hydroxyl groups excluding tert-OH is 1. The van der Waals surface area contributed by atoms with Crippen LogP contribution >= 0.6 is 0 Å². The predicted octanol–water partition coefficient (Wildman–Crippen LogP) is 0.314. The smallest absolute Gasteiger partial charge is 0.0897 e. The van der Waals surface area contributed by atoms with Gasteiger partial charge in [0, 0.05) is 25.7 Å². The molecule has 4 heteroatoms. The second-order valence-electron chi connectivity index (χ2n) is 4.86. The van der Waals surface area contributed by atoms with Crippen LogP contribution < -0.4 is 5.32 Å². The van der Waals surface area contributed by atoms with E-state index in [1.807, 2.05) is 6.92 Å². The fourth-order valence-electron chi connectivity index (χ4n) is 2.26. The molecule has 96 valence electrons. The minimum Gasteiger partial charge on any atom is -0.389 e. The molecule has 3 unspecified atom stereocenters. The summed E-state index contributed by atoms with van der Waals surface area (Å²) in [6.45, 7) is 8.23. The topological polar surface area (TPSA) is 44.7 Å². The molecule has 0 radical (unpaired) electrons. The third-order valence-electron chi connectivity index (χ3n) is 3.24. The number of hydrogen-bond donors (Lipinski definition) is 2. The maximum absolute atomic E-state index is 9.65. The van der Waals surface area contributed by atoms with Crippen molar-refractivity contribution in [3.05, 3.63) is 0 Å². The molecule has 0 aromatic rings. The largest absolute Gasteiger partial charge is 0.389 e. The van der Waals surface area contributed by atoms with Crippen molar-refractivity contribution in [1.82, 2.24) is 10.2 Å². The van der Waals surface area contributed by atoms with Crippen molar-refractivity contribution in [2.45, 2.75) is 32.4 Å². The molecular formula is C12H26N2O2. The van der Waals surface area contributed by atoms with Gasteiger partial charge in [-0.3, -0.25) is 0 Å². The molecule has 1 aliphatic heterocycles. The molecule has 4 nitrogen and oxygen atoms in total. The van der Waals surface area contributed by atoms with E-state index in [1.165, 1.54) is 6.42 Å². The van der Waals surface area contributed by atoms with E-state index in [9.17, 15) is 5.11 Å². The SMILES string of the molecule is CCOCC(O)CNC1CCN(C)CC1C. The average molecular weight is 230 g/mol. The second-order valence-corrected chi connectivity index (χ2v) is 4.86. The highest BCUT2D eigenvalue weighted by Crippen LogP contribution is 2.15. The van der Waals surface area contributed by atoms with Gasteiger partial charge in [-0.05, 0) is 32.9 Å². The zero-order chi connectivity index (χ0) is 12.0. The van der Waals surface area contributed by atoms with E-state index in [2.05, 4.69) is 24.2 Å². The highest BCUT2D eigenvalue weighted by molar-refractivity contribution is 4.82. The van der Waals surface area contributed by atoms with Gasteiger partial charge in [0.2, 0.25) is 0 Å². The van der Waals surface area contributed by atoms with Gasteiger partial charge < -0.3 is 20.1 Å². The van der Waals surface area contributed by atoms with Gasteiger partial charge in [0.15, 0.2) is 0 Å². The highest BCUT2D eigenvalue weighted by Gasteiger charge is 2.23. The molecule has 1 saturated heterocycles. The van der Waals surface area contributed by atoms with E-state index in [0.29, 0.717) is 31.7 Å². The minimum absolute atomic E-state index is 0.383. The van der Waals surface area contributed by atoms with E-state index < -0.39 is 0 Å². The summed E-state index contributed by atoms with van der Waals surface area (Å²) in [6, 6.07) is 0.535. The fourth-order valence-corrected chi connectivity index (χ4v) is 2.26. The van der Waals surface area contributed by atoms with Gasteiger partial charge in [-0.1, -0.05) is 6.92 Å². The fraction of sp³-hybridized carbons (Fsp3) is 1.00.